The predicted octanol–water partition coefficient (Wildman–Crippen LogP) is 3.42. The number of rotatable bonds is 4. The van der Waals surface area contributed by atoms with Crippen molar-refractivity contribution in [1.82, 2.24) is 10.2 Å². The summed E-state index contributed by atoms with van der Waals surface area (Å²) in [5, 5.41) is 3.46. The zero-order chi connectivity index (χ0) is 14.7. The van der Waals surface area contributed by atoms with Gasteiger partial charge in [-0.25, -0.2) is 0 Å². The highest BCUT2D eigenvalue weighted by molar-refractivity contribution is 7.12. The van der Waals surface area contributed by atoms with E-state index in [0.29, 0.717) is 0 Å². The summed E-state index contributed by atoms with van der Waals surface area (Å²) in [6, 6.07) is 2.35. The Hall–Kier alpha value is -0.870. The summed E-state index contributed by atoms with van der Waals surface area (Å²) in [4.78, 5) is 17.1. The van der Waals surface area contributed by atoms with E-state index < -0.39 is 0 Å². The van der Waals surface area contributed by atoms with Gasteiger partial charge >= 0.3 is 0 Å². The third-order valence-electron chi connectivity index (χ3n) is 4.08. The summed E-state index contributed by atoms with van der Waals surface area (Å²) in [6.45, 7) is 10.3. The fourth-order valence-corrected chi connectivity index (χ4v) is 4.03. The molecule has 20 heavy (non-hydrogen) atoms. The average molecular weight is 294 g/mol. The van der Waals surface area contributed by atoms with Crippen LogP contribution in [0.25, 0.3) is 0 Å². The lowest BCUT2D eigenvalue weighted by molar-refractivity contribution is -0.134. The first-order valence-corrected chi connectivity index (χ1v) is 8.42. The number of amides is 1. The smallest absolute Gasteiger partial charge is 0.239 e. The Kier molecular flexibility index (Phi) is 5.22. The number of piperidine rings is 1. The van der Waals surface area contributed by atoms with Crippen molar-refractivity contribution in [2.45, 2.75) is 59.0 Å². The molecule has 0 spiro atoms. The first-order valence-electron chi connectivity index (χ1n) is 7.61. The van der Waals surface area contributed by atoms with Crippen molar-refractivity contribution in [2.24, 2.45) is 0 Å². The van der Waals surface area contributed by atoms with Crippen LogP contribution in [0.3, 0.4) is 0 Å². The van der Waals surface area contributed by atoms with Gasteiger partial charge in [-0.3, -0.25) is 10.1 Å². The van der Waals surface area contributed by atoms with Crippen LogP contribution in [0.15, 0.2) is 6.07 Å². The standard InChI is InChI=1S/C16H26N2OS/c1-11-10-15(14(4)20-11)12(2)17-13(3)16(19)18-8-6-5-7-9-18/h10,12-13,17H,5-9H2,1-4H3. The highest BCUT2D eigenvalue weighted by Gasteiger charge is 2.24. The molecule has 0 aromatic carbocycles. The molecular formula is C16H26N2OS. The summed E-state index contributed by atoms with van der Waals surface area (Å²) in [5.41, 5.74) is 1.32. The number of nitrogens with zero attached hydrogens (tertiary/aromatic N) is 1. The third-order valence-corrected chi connectivity index (χ3v) is 5.07. The van der Waals surface area contributed by atoms with E-state index in [1.54, 1.807) is 0 Å². The van der Waals surface area contributed by atoms with E-state index in [2.05, 4.69) is 32.2 Å². The van der Waals surface area contributed by atoms with Crippen LogP contribution in [0.1, 0.15) is 54.5 Å². The van der Waals surface area contributed by atoms with E-state index in [-0.39, 0.29) is 18.0 Å². The molecule has 2 rings (SSSR count). The first kappa shape index (κ1) is 15.5. The minimum absolute atomic E-state index is 0.109. The van der Waals surface area contributed by atoms with Gasteiger partial charge in [-0.05, 0) is 58.6 Å². The van der Waals surface area contributed by atoms with Crippen LogP contribution in [0.4, 0.5) is 0 Å². The van der Waals surface area contributed by atoms with Gasteiger partial charge < -0.3 is 4.90 Å². The number of carbonyl (C=O) groups is 1. The molecule has 1 aliphatic heterocycles. The van der Waals surface area contributed by atoms with Crippen molar-refractivity contribution >= 4 is 17.2 Å². The minimum atomic E-state index is -0.109. The van der Waals surface area contributed by atoms with Crippen LogP contribution < -0.4 is 5.32 Å². The van der Waals surface area contributed by atoms with Gasteiger partial charge in [0.2, 0.25) is 5.91 Å². The zero-order valence-electron chi connectivity index (χ0n) is 13.0. The third kappa shape index (κ3) is 3.61. The molecule has 1 N–H and O–H groups in total. The van der Waals surface area contributed by atoms with Gasteiger partial charge in [-0.15, -0.1) is 11.3 Å². The Morgan fingerprint density at radius 3 is 2.45 bits per heavy atom. The second-order valence-electron chi connectivity index (χ2n) is 5.86. The van der Waals surface area contributed by atoms with Gasteiger partial charge in [0.15, 0.2) is 0 Å². The van der Waals surface area contributed by atoms with E-state index in [0.717, 1.165) is 25.9 Å². The van der Waals surface area contributed by atoms with E-state index >= 15 is 0 Å². The van der Waals surface area contributed by atoms with E-state index in [9.17, 15) is 4.79 Å². The SMILES string of the molecule is Cc1cc(C(C)NC(C)C(=O)N2CCCCC2)c(C)s1. The van der Waals surface area contributed by atoms with Gasteiger partial charge in [-0.1, -0.05) is 0 Å². The van der Waals surface area contributed by atoms with Gasteiger partial charge in [0.05, 0.1) is 6.04 Å². The van der Waals surface area contributed by atoms with Crippen molar-refractivity contribution in [3.8, 4) is 0 Å². The Morgan fingerprint density at radius 2 is 1.90 bits per heavy atom. The maximum Gasteiger partial charge on any atom is 0.239 e. The van der Waals surface area contributed by atoms with E-state index in [1.165, 1.54) is 21.7 Å². The zero-order valence-corrected chi connectivity index (χ0v) is 13.8. The van der Waals surface area contributed by atoms with Gasteiger partial charge in [0, 0.05) is 28.9 Å². The molecule has 0 aliphatic carbocycles. The molecule has 4 heteroatoms. The van der Waals surface area contributed by atoms with Crippen LogP contribution in [-0.2, 0) is 4.79 Å². The van der Waals surface area contributed by atoms with E-state index in [4.69, 9.17) is 0 Å². The predicted molar refractivity (Wildman–Crippen MR) is 85.2 cm³/mol. The maximum atomic E-state index is 12.4. The molecule has 1 fully saturated rings. The molecule has 3 nitrogen and oxygen atoms in total. The number of aryl methyl sites for hydroxylation is 2. The lowest BCUT2D eigenvalue weighted by Crippen LogP contribution is -2.47. The molecule has 2 unspecified atom stereocenters. The molecule has 0 radical (unpaired) electrons. The van der Waals surface area contributed by atoms with E-state index in [1.807, 2.05) is 23.2 Å². The fourth-order valence-electron chi connectivity index (χ4n) is 3.00. The topological polar surface area (TPSA) is 32.3 Å². The molecule has 0 bridgehead atoms. The van der Waals surface area contributed by atoms with Crippen molar-refractivity contribution in [1.29, 1.82) is 0 Å². The number of likely N-dealkylation sites (tertiary alicyclic amines) is 1. The Balaban J connectivity index is 1.94. The highest BCUT2D eigenvalue weighted by Crippen LogP contribution is 2.26. The van der Waals surface area contributed by atoms with Crippen molar-refractivity contribution in [3.63, 3.8) is 0 Å². The van der Waals surface area contributed by atoms with Gasteiger partial charge in [0.1, 0.15) is 0 Å². The van der Waals surface area contributed by atoms with Crippen LogP contribution >= 0.6 is 11.3 Å². The highest BCUT2D eigenvalue weighted by atomic mass is 32.1. The Bertz CT molecular complexity index is 463. The van der Waals surface area contributed by atoms with Gasteiger partial charge in [0.25, 0.3) is 0 Å². The monoisotopic (exact) mass is 294 g/mol. The number of hydrogen-bond acceptors (Lipinski definition) is 3. The normalized spacial score (nSPS) is 18.9. The summed E-state index contributed by atoms with van der Waals surface area (Å²) in [7, 11) is 0. The maximum absolute atomic E-state index is 12.4. The Morgan fingerprint density at radius 1 is 1.25 bits per heavy atom. The van der Waals surface area contributed by atoms with Crippen LogP contribution in [0.5, 0.6) is 0 Å². The van der Waals surface area contributed by atoms with Crippen molar-refractivity contribution < 1.29 is 4.79 Å². The molecule has 0 saturated carbocycles. The fraction of sp³-hybridized carbons (Fsp3) is 0.688. The number of hydrogen-bond donors (Lipinski definition) is 1. The van der Waals surface area contributed by atoms with Crippen LogP contribution in [0.2, 0.25) is 0 Å². The molecule has 1 aromatic rings. The molecule has 2 heterocycles. The molecule has 112 valence electrons. The largest absolute Gasteiger partial charge is 0.341 e. The quantitative estimate of drug-likeness (QED) is 0.923. The van der Waals surface area contributed by atoms with Gasteiger partial charge in [-0.2, -0.15) is 0 Å². The minimum Gasteiger partial charge on any atom is -0.341 e. The first-order chi connectivity index (χ1) is 9.49. The molecular weight excluding hydrogens is 268 g/mol. The molecule has 1 amide bonds. The number of nitrogens with one attached hydrogen (secondary N) is 1. The van der Waals surface area contributed by atoms with Crippen molar-refractivity contribution in [2.75, 3.05) is 13.1 Å². The molecule has 1 saturated heterocycles. The second-order valence-corrected chi connectivity index (χ2v) is 7.33. The number of carbonyl (C=O) groups excluding carboxylic acids is 1. The average Bonchev–Trinajstić information content (AvgIpc) is 2.78. The Labute approximate surface area is 126 Å². The van der Waals surface area contributed by atoms with Crippen LogP contribution in [-0.4, -0.2) is 29.9 Å². The number of thiophene rings is 1. The summed E-state index contributed by atoms with van der Waals surface area (Å²) >= 11 is 1.83. The lowest BCUT2D eigenvalue weighted by Gasteiger charge is -2.30. The summed E-state index contributed by atoms with van der Waals surface area (Å²) < 4.78 is 0. The second kappa shape index (κ2) is 6.72. The lowest BCUT2D eigenvalue weighted by atomic mass is 10.1. The summed E-state index contributed by atoms with van der Waals surface area (Å²) in [6.07, 6.45) is 3.56. The molecule has 1 aromatic heterocycles. The van der Waals surface area contributed by atoms with Crippen LogP contribution in [0, 0.1) is 13.8 Å². The van der Waals surface area contributed by atoms with Crippen molar-refractivity contribution in [3.05, 3.63) is 21.4 Å². The summed E-state index contributed by atoms with van der Waals surface area (Å²) in [5.74, 6) is 0.251. The molecule has 2 atom stereocenters. The molecule has 1 aliphatic rings.